The summed E-state index contributed by atoms with van der Waals surface area (Å²) in [5.74, 6) is -0.0398. The van der Waals surface area contributed by atoms with Crippen molar-refractivity contribution in [2.45, 2.75) is 20.8 Å². The van der Waals surface area contributed by atoms with Crippen LogP contribution in [0.5, 0.6) is 0 Å². The van der Waals surface area contributed by atoms with Gasteiger partial charge in [-0.1, -0.05) is 13.8 Å². The Balaban J connectivity index is 0.000000671. The van der Waals surface area contributed by atoms with E-state index in [1.54, 1.807) is 6.07 Å². The number of Topliss-reactive ketones (excluding diaryl/α,β-unsaturated/α-hetero) is 1. The molecule has 0 saturated carbocycles. The third-order valence-corrected chi connectivity index (χ3v) is 1.28. The molecule has 1 aromatic heterocycles. The fourth-order valence-electron chi connectivity index (χ4n) is 0.668. The largest absolute Gasteiger partial charge is 0.294 e. The summed E-state index contributed by atoms with van der Waals surface area (Å²) < 4.78 is 0. The Morgan fingerprint density at radius 1 is 1.46 bits per heavy atom. The van der Waals surface area contributed by atoms with Crippen LogP contribution in [0.1, 0.15) is 36.8 Å². The van der Waals surface area contributed by atoms with Gasteiger partial charge in [0.05, 0.1) is 0 Å². The van der Waals surface area contributed by atoms with E-state index in [0.29, 0.717) is 11.3 Å². The number of carbonyl (C=O) groups is 1. The van der Waals surface area contributed by atoms with Crippen LogP contribution in [0, 0.1) is 11.3 Å². The molecular weight excluding hydrogens is 164 g/mol. The van der Waals surface area contributed by atoms with Crippen LogP contribution in [0.4, 0.5) is 0 Å². The van der Waals surface area contributed by atoms with Crippen LogP contribution < -0.4 is 0 Å². The van der Waals surface area contributed by atoms with Gasteiger partial charge in [-0.3, -0.25) is 4.79 Å². The zero-order chi connectivity index (χ0) is 10.3. The lowest BCUT2D eigenvalue weighted by Gasteiger charge is -1.91. The number of pyridine rings is 1. The molecule has 68 valence electrons. The van der Waals surface area contributed by atoms with Crippen LogP contribution in [0.3, 0.4) is 0 Å². The molecule has 1 heterocycles. The predicted molar refractivity (Wildman–Crippen MR) is 50.3 cm³/mol. The number of carbonyl (C=O) groups excluding carboxylic acids is 1. The number of nitriles is 1. The van der Waals surface area contributed by atoms with Gasteiger partial charge in [0.1, 0.15) is 11.8 Å². The molecule has 0 amide bonds. The van der Waals surface area contributed by atoms with Crippen molar-refractivity contribution in [2.75, 3.05) is 0 Å². The summed E-state index contributed by atoms with van der Waals surface area (Å²) >= 11 is 0. The minimum absolute atomic E-state index is 0.0398. The average Bonchev–Trinajstić information content (AvgIpc) is 2.21. The van der Waals surface area contributed by atoms with Crippen molar-refractivity contribution in [3.05, 3.63) is 29.6 Å². The highest BCUT2D eigenvalue weighted by molar-refractivity contribution is 5.93. The van der Waals surface area contributed by atoms with E-state index in [0.717, 1.165) is 0 Å². The van der Waals surface area contributed by atoms with Gasteiger partial charge in [0.15, 0.2) is 5.78 Å². The van der Waals surface area contributed by atoms with E-state index in [2.05, 4.69) is 4.98 Å². The van der Waals surface area contributed by atoms with Crippen molar-refractivity contribution in [3.63, 3.8) is 0 Å². The summed E-state index contributed by atoms with van der Waals surface area (Å²) in [6, 6.07) is 4.99. The average molecular weight is 176 g/mol. The molecule has 13 heavy (non-hydrogen) atoms. The fraction of sp³-hybridized carbons (Fsp3) is 0.300. The molecule has 0 fully saturated rings. The van der Waals surface area contributed by atoms with Gasteiger partial charge in [-0.05, 0) is 19.1 Å². The lowest BCUT2D eigenvalue weighted by atomic mass is 10.2. The topological polar surface area (TPSA) is 53.8 Å². The quantitative estimate of drug-likeness (QED) is 0.616. The number of rotatable bonds is 1. The lowest BCUT2D eigenvalue weighted by Crippen LogP contribution is -1.93. The molecule has 1 aromatic rings. The van der Waals surface area contributed by atoms with Gasteiger partial charge in [-0.2, -0.15) is 5.26 Å². The first-order valence-electron chi connectivity index (χ1n) is 4.11. The van der Waals surface area contributed by atoms with Crippen LogP contribution in [0.2, 0.25) is 0 Å². The molecule has 0 aliphatic carbocycles. The molecule has 0 atom stereocenters. The van der Waals surface area contributed by atoms with E-state index < -0.39 is 0 Å². The summed E-state index contributed by atoms with van der Waals surface area (Å²) in [6.45, 7) is 5.46. The van der Waals surface area contributed by atoms with Crippen molar-refractivity contribution in [1.29, 1.82) is 5.26 Å². The SMILES string of the molecule is CC.CC(=O)c1ccc(C#N)nc1. The number of nitrogens with zero attached hydrogens (tertiary/aromatic N) is 2. The second-order valence-electron chi connectivity index (χ2n) is 2.10. The van der Waals surface area contributed by atoms with Crippen molar-refractivity contribution in [1.82, 2.24) is 4.98 Å². The molecule has 0 aromatic carbocycles. The first kappa shape index (κ1) is 11.3. The monoisotopic (exact) mass is 176 g/mol. The zero-order valence-corrected chi connectivity index (χ0v) is 8.03. The normalized spacial score (nSPS) is 7.85. The standard InChI is InChI=1S/C8H6N2O.C2H6/c1-6(11)7-2-3-8(4-9)10-5-7;1-2/h2-3,5H,1H3;1-2H3. The Hall–Kier alpha value is -1.69. The smallest absolute Gasteiger partial charge is 0.161 e. The number of hydrogen-bond acceptors (Lipinski definition) is 3. The van der Waals surface area contributed by atoms with E-state index in [1.807, 2.05) is 19.9 Å². The molecule has 1 rings (SSSR count). The van der Waals surface area contributed by atoms with Crippen molar-refractivity contribution >= 4 is 5.78 Å². The minimum Gasteiger partial charge on any atom is -0.294 e. The van der Waals surface area contributed by atoms with Gasteiger partial charge in [0.25, 0.3) is 0 Å². The lowest BCUT2D eigenvalue weighted by molar-refractivity contribution is 0.101. The molecule has 0 saturated heterocycles. The number of aromatic nitrogens is 1. The Labute approximate surface area is 78.0 Å². The van der Waals surface area contributed by atoms with Crippen molar-refractivity contribution in [3.8, 4) is 6.07 Å². The van der Waals surface area contributed by atoms with Gasteiger partial charge < -0.3 is 0 Å². The van der Waals surface area contributed by atoms with Crippen LogP contribution in [0.25, 0.3) is 0 Å². The first-order valence-corrected chi connectivity index (χ1v) is 4.11. The van der Waals surface area contributed by atoms with Gasteiger partial charge in [0, 0.05) is 11.8 Å². The van der Waals surface area contributed by atoms with Gasteiger partial charge in [0.2, 0.25) is 0 Å². The molecule has 0 radical (unpaired) electrons. The van der Waals surface area contributed by atoms with Crippen LogP contribution in [0.15, 0.2) is 18.3 Å². The zero-order valence-electron chi connectivity index (χ0n) is 8.03. The Morgan fingerprint density at radius 2 is 2.08 bits per heavy atom. The minimum atomic E-state index is -0.0398. The molecule has 0 spiro atoms. The fourth-order valence-corrected chi connectivity index (χ4v) is 0.668. The van der Waals surface area contributed by atoms with Crippen LogP contribution in [-0.4, -0.2) is 10.8 Å². The second-order valence-corrected chi connectivity index (χ2v) is 2.10. The van der Waals surface area contributed by atoms with E-state index in [4.69, 9.17) is 5.26 Å². The number of ketones is 1. The van der Waals surface area contributed by atoms with Crippen molar-refractivity contribution in [2.24, 2.45) is 0 Å². The maximum atomic E-state index is 10.7. The third kappa shape index (κ3) is 3.48. The van der Waals surface area contributed by atoms with Gasteiger partial charge >= 0.3 is 0 Å². The Kier molecular flexibility index (Phi) is 5.13. The third-order valence-electron chi connectivity index (χ3n) is 1.28. The van der Waals surface area contributed by atoms with E-state index in [9.17, 15) is 4.79 Å². The van der Waals surface area contributed by atoms with Gasteiger partial charge in [-0.15, -0.1) is 0 Å². The van der Waals surface area contributed by atoms with E-state index in [1.165, 1.54) is 19.2 Å². The maximum Gasteiger partial charge on any atom is 0.161 e. The molecule has 0 aliphatic heterocycles. The predicted octanol–water partition coefficient (Wildman–Crippen LogP) is 2.18. The van der Waals surface area contributed by atoms with E-state index >= 15 is 0 Å². The highest BCUT2D eigenvalue weighted by Gasteiger charge is 1.98. The highest BCUT2D eigenvalue weighted by Crippen LogP contribution is 1.99. The molecule has 0 aliphatic rings. The Morgan fingerprint density at radius 3 is 2.38 bits per heavy atom. The maximum absolute atomic E-state index is 10.7. The summed E-state index contributed by atoms with van der Waals surface area (Å²) in [5, 5.41) is 8.37. The summed E-state index contributed by atoms with van der Waals surface area (Å²) in [4.78, 5) is 14.5. The molecule has 3 heteroatoms. The van der Waals surface area contributed by atoms with Crippen LogP contribution >= 0.6 is 0 Å². The van der Waals surface area contributed by atoms with E-state index in [-0.39, 0.29) is 5.78 Å². The van der Waals surface area contributed by atoms with Crippen LogP contribution in [-0.2, 0) is 0 Å². The molecule has 0 unspecified atom stereocenters. The summed E-state index contributed by atoms with van der Waals surface area (Å²) in [7, 11) is 0. The molecule has 0 N–H and O–H groups in total. The first-order chi connectivity index (χ1) is 6.24. The highest BCUT2D eigenvalue weighted by atomic mass is 16.1. The molecular formula is C10H12N2O. The molecule has 0 bridgehead atoms. The number of hydrogen-bond donors (Lipinski definition) is 0. The van der Waals surface area contributed by atoms with Crippen molar-refractivity contribution < 1.29 is 4.79 Å². The molecule has 3 nitrogen and oxygen atoms in total. The Bertz CT molecular complexity index is 309. The summed E-state index contributed by atoms with van der Waals surface area (Å²) in [5.41, 5.74) is 0.860. The van der Waals surface area contributed by atoms with Gasteiger partial charge in [-0.25, -0.2) is 4.98 Å². The summed E-state index contributed by atoms with van der Waals surface area (Å²) in [6.07, 6.45) is 1.40. The second kappa shape index (κ2) is 5.90.